The van der Waals surface area contributed by atoms with Crippen molar-refractivity contribution in [3.63, 3.8) is 0 Å². The average molecular weight is 405 g/mol. The predicted molar refractivity (Wildman–Crippen MR) is 100 cm³/mol. The minimum absolute atomic E-state index is 0.102. The fraction of sp³-hybridized carbons (Fsp3) is 0.625. The summed E-state index contributed by atoms with van der Waals surface area (Å²) in [4.78, 5) is 46.4. The highest BCUT2D eigenvalue weighted by atomic mass is 33.1. The van der Waals surface area contributed by atoms with Crippen molar-refractivity contribution in [1.82, 2.24) is 10.2 Å². The van der Waals surface area contributed by atoms with Crippen LogP contribution in [0.25, 0.3) is 0 Å². The summed E-state index contributed by atoms with van der Waals surface area (Å²) < 4.78 is 10.4. The van der Waals surface area contributed by atoms with Gasteiger partial charge in [0.05, 0.1) is 19.1 Å². The molecule has 1 rings (SSSR count). The van der Waals surface area contributed by atoms with Crippen LogP contribution in [-0.2, 0) is 28.7 Å². The lowest BCUT2D eigenvalue weighted by Crippen LogP contribution is -2.41. The number of rotatable bonds is 13. The summed E-state index contributed by atoms with van der Waals surface area (Å²) in [5.41, 5.74) is 0. The van der Waals surface area contributed by atoms with E-state index in [1.54, 1.807) is 35.4 Å². The fourth-order valence-corrected chi connectivity index (χ4v) is 3.39. The quantitative estimate of drug-likeness (QED) is 0.206. The number of nitrogens with zero attached hydrogens (tertiary/aromatic N) is 1. The Bertz CT molecular complexity index is 521. The maximum Gasteiger partial charge on any atom is 0.308 e. The van der Waals surface area contributed by atoms with Crippen LogP contribution in [-0.4, -0.2) is 73.0 Å². The van der Waals surface area contributed by atoms with E-state index in [-0.39, 0.29) is 18.4 Å². The van der Waals surface area contributed by atoms with Crippen LogP contribution < -0.4 is 5.32 Å². The first kappa shape index (κ1) is 22.5. The first-order valence-electron chi connectivity index (χ1n) is 8.21. The zero-order chi connectivity index (χ0) is 19.4. The Balaban J connectivity index is 1.89. The van der Waals surface area contributed by atoms with Crippen molar-refractivity contribution in [1.29, 1.82) is 0 Å². The van der Waals surface area contributed by atoms with Crippen molar-refractivity contribution < 1.29 is 28.7 Å². The lowest BCUT2D eigenvalue weighted by Gasteiger charge is -2.13. The zero-order valence-corrected chi connectivity index (χ0v) is 16.5. The van der Waals surface area contributed by atoms with Crippen LogP contribution in [0.15, 0.2) is 12.2 Å². The van der Waals surface area contributed by atoms with Crippen molar-refractivity contribution in [2.45, 2.75) is 13.8 Å². The van der Waals surface area contributed by atoms with Gasteiger partial charge in [0, 0.05) is 30.2 Å². The van der Waals surface area contributed by atoms with E-state index in [0.717, 1.165) is 28.6 Å². The van der Waals surface area contributed by atoms with Crippen LogP contribution in [0, 0.1) is 5.92 Å². The molecule has 1 aliphatic heterocycles. The molecule has 0 radical (unpaired) electrons. The van der Waals surface area contributed by atoms with Crippen LogP contribution in [0.1, 0.15) is 13.8 Å². The van der Waals surface area contributed by atoms with Gasteiger partial charge in [-0.1, -0.05) is 35.4 Å². The Hall–Kier alpha value is -1.52. The molecular weight excluding hydrogens is 380 g/mol. The van der Waals surface area contributed by atoms with Gasteiger partial charge in [-0.25, -0.2) is 0 Å². The third-order valence-electron chi connectivity index (χ3n) is 3.05. The van der Waals surface area contributed by atoms with Crippen molar-refractivity contribution in [3.05, 3.63) is 12.2 Å². The second kappa shape index (κ2) is 12.8. The SMILES string of the molecule is CC(C)C(=O)OCCSSCCOCCNC(=O)CN1C(=O)C=CC1=O. The van der Waals surface area contributed by atoms with Gasteiger partial charge >= 0.3 is 5.97 Å². The van der Waals surface area contributed by atoms with Gasteiger partial charge in [0.2, 0.25) is 5.91 Å². The Morgan fingerprint density at radius 3 is 2.31 bits per heavy atom. The molecule has 0 saturated heterocycles. The van der Waals surface area contributed by atoms with Crippen LogP contribution in [0.5, 0.6) is 0 Å². The Morgan fingerprint density at radius 1 is 1.08 bits per heavy atom. The van der Waals surface area contributed by atoms with E-state index in [9.17, 15) is 19.2 Å². The second-order valence-electron chi connectivity index (χ2n) is 5.52. The molecule has 0 aliphatic carbocycles. The van der Waals surface area contributed by atoms with E-state index in [1.807, 2.05) is 0 Å². The van der Waals surface area contributed by atoms with Gasteiger partial charge in [-0.05, 0) is 0 Å². The van der Waals surface area contributed by atoms with Gasteiger partial charge in [0.1, 0.15) is 13.2 Å². The van der Waals surface area contributed by atoms with E-state index in [1.165, 1.54) is 0 Å². The number of hydrogen-bond acceptors (Lipinski definition) is 8. The molecule has 0 fully saturated rings. The average Bonchev–Trinajstić information content (AvgIpc) is 2.91. The monoisotopic (exact) mass is 404 g/mol. The van der Waals surface area contributed by atoms with Crippen molar-refractivity contribution in [2.24, 2.45) is 5.92 Å². The number of hydrogen-bond donors (Lipinski definition) is 1. The van der Waals surface area contributed by atoms with E-state index in [0.29, 0.717) is 26.4 Å². The third-order valence-corrected chi connectivity index (χ3v) is 5.38. The minimum atomic E-state index is -0.477. The summed E-state index contributed by atoms with van der Waals surface area (Å²) in [5.74, 6) is -0.142. The molecule has 0 atom stereocenters. The van der Waals surface area contributed by atoms with Gasteiger partial charge < -0.3 is 14.8 Å². The fourth-order valence-electron chi connectivity index (χ4n) is 1.70. The summed E-state index contributed by atoms with van der Waals surface area (Å²) >= 11 is 0. The number of amides is 3. The molecule has 0 aromatic heterocycles. The Labute approximate surface area is 160 Å². The maximum atomic E-state index is 11.6. The minimum Gasteiger partial charge on any atom is -0.465 e. The molecule has 26 heavy (non-hydrogen) atoms. The zero-order valence-electron chi connectivity index (χ0n) is 14.9. The second-order valence-corrected chi connectivity index (χ2v) is 8.23. The van der Waals surface area contributed by atoms with Crippen molar-refractivity contribution in [3.8, 4) is 0 Å². The van der Waals surface area contributed by atoms with Gasteiger partial charge in [-0.3, -0.25) is 24.1 Å². The van der Waals surface area contributed by atoms with Crippen LogP contribution in [0.4, 0.5) is 0 Å². The molecular formula is C16H24N2O6S2. The Morgan fingerprint density at radius 2 is 1.69 bits per heavy atom. The van der Waals surface area contributed by atoms with E-state index >= 15 is 0 Å². The molecule has 8 nitrogen and oxygen atoms in total. The first-order valence-corrected chi connectivity index (χ1v) is 10.7. The normalized spacial score (nSPS) is 13.6. The molecule has 0 spiro atoms. The highest BCUT2D eigenvalue weighted by molar-refractivity contribution is 8.76. The van der Waals surface area contributed by atoms with E-state index in [4.69, 9.17) is 9.47 Å². The predicted octanol–water partition coefficient (Wildman–Crippen LogP) is 0.625. The van der Waals surface area contributed by atoms with E-state index < -0.39 is 17.7 Å². The summed E-state index contributed by atoms with van der Waals surface area (Å²) in [6.45, 7) is 4.91. The molecule has 0 bridgehead atoms. The number of nitrogens with one attached hydrogen (secondary N) is 1. The van der Waals surface area contributed by atoms with Gasteiger partial charge in [0.25, 0.3) is 11.8 Å². The summed E-state index contributed by atoms with van der Waals surface area (Å²) in [5, 5.41) is 2.59. The Kier molecular flexibility index (Phi) is 11.1. The highest BCUT2D eigenvalue weighted by Gasteiger charge is 2.25. The van der Waals surface area contributed by atoms with Crippen molar-refractivity contribution in [2.75, 3.05) is 44.4 Å². The highest BCUT2D eigenvalue weighted by Crippen LogP contribution is 2.20. The molecule has 1 aliphatic rings. The summed E-state index contributed by atoms with van der Waals surface area (Å²) in [6.07, 6.45) is 2.28. The topological polar surface area (TPSA) is 102 Å². The first-order chi connectivity index (χ1) is 12.4. The molecule has 0 saturated carbocycles. The van der Waals surface area contributed by atoms with Gasteiger partial charge in [-0.2, -0.15) is 0 Å². The molecule has 0 aromatic rings. The van der Waals surface area contributed by atoms with Gasteiger partial charge in [0.15, 0.2) is 0 Å². The standard InChI is InChI=1S/C16H24N2O6S2/c1-12(2)16(22)24-8-10-26-25-9-7-23-6-5-17-13(19)11-18-14(20)3-4-15(18)21/h3-4,12H,5-11H2,1-2H3,(H,17,19). The molecule has 0 unspecified atom stereocenters. The largest absolute Gasteiger partial charge is 0.465 e. The van der Waals surface area contributed by atoms with Gasteiger partial charge in [-0.15, -0.1) is 0 Å². The van der Waals surface area contributed by atoms with Crippen LogP contribution >= 0.6 is 21.6 Å². The maximum absolute atomic E-state index is 11.6. The summed E-state index contributed by atoms with van der Waals surface area (Å²) in [6, 6.07) is 0. The molecule has 1 N–H and O–H groups in total. The van der Waals surface area contributed by atoms with E-state index in [2.05, 4.69) is 5.32 Å². The molecule has 10 heteroatoms. The number of ether oxygens (including phenoxy) is 2. The molecule has 146 valence electrons. The number of carbonyl (C=O) groups excluding carboxylic acids is 4. The molecule has 1 heterocycles. The summed E-state index contributed by atoms with van der Waals surface area (Å²) in [7, 11) is 3.23. The number of carbonyl (C=O) groups is 4. The smallest absolute Gasteiger partial charge is 0.308 e. The molecule has 3 amide bonds. The van der Waals surface area contributed by atoms with Crippen LogP contribution in [0.2, 0.25) is 0 Å². The lowest BCUT2D eigenvalue weighted by atomic mass is 10.2. The van der Waals surface area contributed by atoms with Crippen LogP contribution in [0.3, 0.4) is 0 Å². The number of imide groups is 1. The third kappa shape index (κ3) is 9.25. The van der Waals surface area contributed by atoms with Crippen molar-refractivity contribution >= 4 is 45.3 Å². The number of esters is 1. The lowest BCUT2D eigenvalue weighted by molar-refractivity contribution is -0.146. The molecule has 0 aromatic carbocycles.